The lowest BCUT2D eigenvalue weighted by Gasteiger charge is -2.29. The molecule has 1 unspecified atom stereocenters. The Kier molecular flexibility index (Phi) is 10.4. The van der Waals surface area contributed by atoms with E-state index in [-0.39, 0.29) is 0 Å². The standard InChI is InChI=1S/C16H24Br2N2O8/c1-14(2,17)11(21)27-8-16(5,9-28-12(22)15(3,4)18)13(23)26-7-10(20-25)6-19-24/h10H,6-9H2,1-5H3. The summed E-state index contributed by atoms with van der Waals surface area (Å²) in [6, 6.07) is -1.14. The fourth-order valence-corrected chi connectivity index (χ4v) is 1.73. The van der Waals surface area contributed by atoms with Crippen molar-refractivity contribution in [2.75, 3.05) is 26.4 Å². The zero-order chi connectivity index (χ0) is 22.2. The average Bonchev–Trinajstić information content (AvgIpc) is 2.58. The number of alkyl halides is 2. The van der Waals surface area contributed by atoms with Crippen LogP contribution in [0.3, 0.4) is 0 Å². The smallest absolute Gasteiger partial charge is 0.322 e. The summed E-state index contributed by atoms with van der Waals surface area (Å²) in [4.78, 5) is 57.4. The van der Waals surface area contributed by atoms with Crippen molar-refractivity contribution in [3.8, 4) is 0 Å². The number of esters is 3. The quantitative estimate of drug-likeness (QED) is 0.162. The molecule has 28 heavy (non-hydrogen) atoms. The van der Waals surface area contributed by atoms with Gasteiger partial charge in [-0.05, 0) is 34.6 Å². The largest absolute Gasteiger partial charge is 0.463 e. The molecule has 0 aromatic rings. The van der Waals surface area contributed by atoms with Crippen LogP contribution in [0.1, 0.15) is 34.6 Å². The third-order valence-corrected chi connectivity index (χ3v) is 4.00. The zero-order valence-corrected chi connectivity index (χ0v) is 19.5. The second-order valence-electron chi connectivity index (χ2n) is 7.33. The van der Waals surface area contributed by atoms with Crippen molar-refractivity contribution in [1.82, 2.24) is 0 Å². The van der Waals surface area contributed by atoms with Crippen LogP contribution in [0.2, 0.25) is 0 Å². The van der Waals surface area contributed by atoms with Crippen LogP contribution in [0, 0.1) is 15.2 Å². The molecule has 0 rings (SSSR count). The Bertz CT molecular complexity index is 568. The summed E-state index contributed by atoms with van der Waals surface area (Å²) in [6.07, 6.45) is 0. The number of hydrogen-bond acceptors (Lipinski definition) is 10. The number of carbonyl (C=O) groups excluding carboxylic acids is 3. The van der Waals surface area contributed by atoms with Gasteiger partial charge < -0.3 is 14.2 Å². The van der Waals surface area contributed by atoms with Gasteiger partial charge in [-0.2, -0.15) is 9.81 Å². The van der Waals surface area contributed by atoms with E-state index in [0.717, 1.165) is 0 Å². The van der Waals surface area contributed by atoms with Crippen molar-refractivity contribution in [2.45, 2.75) is 49.3 Å². The number of halogens is 2. The third kappa shape index (κ3) is 9.18. The second-order valence-corrected chi connectivity index (χ2v) is 11.3. The monoisotopic (exact) mass is 530 g/mol. The molecule has 0 radical (unpaired) electrons. The zero-order valence-electron chi connectivity index (χ0n) is 16.3. The van der Waals surface area contributed by atoms with Gasteiger partial charge in [0.2, 0.25) is 0 Å². The molecule has 0 bridgehead atoms. The summed E-state index contributed by atoms with van der Waals surface area (Å²) in [5.74, 6) is -2.18. The Balaban J connectivity index is 5.26. The van der Waals surface area contributed by atoms with Crippen LogP contribution >= 0.6 is 31.9 Å². The van der Waals surface area contributed by atoms with Gasteiger partial charge in [-0.25, -0.2) is 0 Å². The molecular weight excluding hydrogens is 508 g/mol. The average molecular weight is 532 g/mol. The fourth-order valence-electron chi connectivity index (χ4n) is 1.50. The minimum absolute atomic E-state index is 0.444. The van der Waals surface area contributed by atoms with E-state index in [9.17, 15) is 24.2 Å². The molecule has 0 aliphatic rings. The van der Waals surface area contributed by atoms with Gasteiger partial charge in [0.15, 0.2) is 0 Å². The minimum Gasteiger partial charge on any atom is -0.463 e. The molecular formula is C16H24Br2N2O8. The van der Waals surface area contributed by atoms with Crippen LogP contribution in [-0.4, -0.2) is 59.0 Å². The Morgan fingerprint density at radius 3 is 1.57 bits per heavy atom. The molecule has 160 valence electrons. The maximum absolute atomic E-state index is 12.5. The maximum Gasteiger partial charge on any atom is 0.322 e. The summed E-state index contributed by atoms with van der Waals surface area (Å²) in [5.41, 5.74) is -1.55. The first-order valence-corrected chi connectivity index (χ1v) is 9.77. The van der Waals surface area contributed by atoms with Crippen LogP contribution in [0.25, 0.3) is 0 Å². The molecule has 0 aliphatic heterocycles. The van der Waals surface area contributed by atoms with Crippen molar-refractivity contribution in [3.63, 3.8) is 0 Å². The summed E-state index contributed by atoms with van der Waals surface area (Å²) in [7, 11) is 0. The predicted molar refractivity (Wildman–Crippen MR) is 107 cm³/mol. The highest BCUT2D eigenvalue weighted by molar-refractivity contribution is 9.10. The van der Waals surface area contributed by atoms with E-state index >= 15 is 0 Å². The van der Waals surface area contributed by atoms with Gasteiger partial charge in [-0.15, -0.1) is 0 Å². The normalized spacial score (nSPS) is 13.2. The number of nitrogens with zero attached hydrogens (tertiary/aromatic N) is 2. The van der Waals surface area contributed by atoms with E-state index in [2.05, 4.69) is 42.2 Å². The summed E-state index contributed by atoms with van der Waals surface area (Å²) < 4.78 is 13.3. The Morgan fingerprint density at radius 1 is 0.821 bits per heavy atom. The Hall–Kier alpha value is -1.43. The lowest BCUT2D eigenvalue weighted by atomic mass is 9.93. The summed E-state index contributed by atoms with van der Waals surface area (Å²) >= 11 is 6.29. The van der Waals surface area contributed by atoms with E-state index < -0.39 is 64.4 Å². The molecule has 1 atom stereocenters. The first kappa shape index (κ1) is 26.6. The van der Waals surface area contributed by atoms with Crippen molar-refractivity contribution in [2.24, 2.45) is 15.8 Å². The lowest BCUT2D eigenvalue weighted by Crippen LogP contribution is -2.43. The van der Waals surface area contributed by atoms with Crippen LogP contribution < -0.4 is 0 Å². The van der Waals surface area contributed by atoms with Gasteiger partial charge in [0, 0.05) is 0 Å². The topological polar surface area (TPSA) is 138 Å². The van der Waals surface area contributed by atoms with Crippen molar-refractivity contribution in [1.29, 1.82) is 0 Å². The van der Waals surface area contributed by atoms with Crippen LogP contribution in [-0.2, 0) is 28.6 Å². The molecule has 12 heteroatoms. The molecule has 10 nitrogen and oxygen atoms in total. The molecule has 0 aliphatic carbocycles. The van der Waals surface area contributed by atoms with Crippen molar-refractivity contribution < 1.29 is 28.6 Å². The van der Waals surface area contributed by atoms with E-state index in [1.165, 1.54) is 6.92 Å². The van der Waals surface area contributed by atoms with Gasteiger partial charge >= 0.3 is 17.9 Å². The molecule has 0 amide bonds. The van der Waals surface area contributed by atoms with Gasteiger partial charge in [0.25, 0.3) is 0 Å². The Labute approximate surface area is 179 Å². The SMILES string of the molecule is CC(C)(Br)C(=O)OCC(C)(COC(=O)C(C)(C)Br)C(=O)OCC(CN=O)N=O. The van der Waals surface area contributed by atoms with Gasteiger partial charge in [-0.3, -0.25) is 14.4 Å². The van der Waals surface area contributed by atoms with E-state index in [4.69, 9.17) is 14.2 Å². The predicted octanol–water partition coefficient (Wildman–Crippen LogP) is 2.87. The van der Waals surface area contributed by atoms with Crippen molar-refractivity contribution >= 4 is 49.8 Å². The second kappa shape index (κ2) is 10.9. The van der Waals surface area contributed by atoms with Crippen LogP contribution in [0.5, 0.6) is 0 Å². The number of ether oxygens (including phenoxy) is 3. The molecule has 0 aromatic carbocycles. The lowest BCUT2D eigenvalue weighted by molar-refractivity contribution is -0.171. The van der Waals surface area contributed by atoms with Gasteiger partial charge in [0.05, 0.1) is 0 Å². The fraction of sp³-hybridized carbons (Fsp3) is 0.812. The van der Waals surface area contributed by atoms with Crippen LogP contribution in [0.15, 0.2) is 10.4 Å². The molecule has 0 spiro atoms. The highest BCUT2D eigenvalue weighted by Crippen LogP contribution is 2.26. The summed E-state index contributed by atoms with van der Waals surface area (Å²) in [6.45, 7) is 5.79. The first-order valence-electron chi connectivity index (χ1n) is 8.18. The number of rotatable bonds is 12. The third-order valence-electron chi connectivity index (χ3n) is 3.35. The molecule has 0 saturated carbocycles. The van der Waals surface area contributed by atoms with Crippen molar-refractivity contribution in [3.05, 3.63) is 9.81 Å². The molecule has 0 N–H and O–H groups in total. The maximum atomic E-state index is 12.5. The molecule has 0 aromatic heterocycles. The molecule has 0 saturated heterocycles. The molecule has 0 heterocycles. The van der Waals surface area contributed by atoms with E-state index in [0.29, 0.717) is 0 Å². The Morgan fingerprint density at radius 2 is 1.25 bits per heavy atom. The van der Waals surface area contributed by atoms with Crippen LogP contribution in [0.4, 0.5) is 0 Å². The van der Waals surface area contributed by atoms with E-state index in [1.54, 1.807) is 27.7 Å². The van der Waals surface area contributed by atoms with E-state index in [1.807, 2.05) is 0 Å². The number of carbonyl (C=O) groups is 3. The highest BCUT2D eigenvalue weighted by Gasteiger charge is 2.41. The first-order chi connectivity index (χ1) is 12.7. The summed E-state index contributed by atoms with van der Waals surface area (Å²) in [5, 5.41) is 5.18. The number of hydrogen-bond donors (Lipinski definition) is 0. The molecule has 0 fully saturated rings. The highest BCUT2D eigenvalue weighted by atomic mass is 79.9. The number of nitroso groups, excluding NO2 is 2. The minimum atomic E-state index is -1.55. The van der Waals surface area contributed by atoms with Gasteiger partial charge in [0.1, 0.15) is 46.5 Å². The van der Waals surface area contributed by atoms with Gasteiger partial charge in [-0.1, -0.05) is 42.2 Å².